The Morgan fingerprint density at radius 3 is 2.81 bits per heavy atom. The lowest BCUT2D eigenvalue weighted by Crippen LogP contribution is -2.72. The number of rotatable bonds is 2. The quantitative estimate of drug-likeness (QED) is 0.632. The number of piperidine rings is 1. The number of nitrogens with zero attached hydrogens (tertiary/aromatic N) is 1. The highest BCUT2D eigenvalue weighted by Crippen LogP contribution is 2.07. The van der Waals surface area contributed by atoms with Crippen LogP contribution in [0, 0.1) is 0 Å². The number of likely N-dealkylation sites (N-methyl/N-ethyl adjacent to an activating group) is 1. The Labute approximate surface area is 96.3 Å². The second-order valence-electron chi connectivity index (χ2n) is 4.28. The largest absolute Gasteiger partial charge is 0.301 e. The van der Waals surface area contributed by atoms with E-state index in [0.717, 1.165) is 25.2 Å². The van der Waals surface area contributed by atoms with Gasteiger partial charge in [0.15, 0.2) is 5.71 Å². The van der Waals surface area contributed by atoms with E-state index >= 15 is 0 Å². The van der Waals surface area contributed by atoms with Gasteiger partial charge in [-0.05, 0) is 19.2 Å². The summed E-state index contributed by atoms with van der Waals surface area (Å²) in [6, 6.07) is 10.3. The molecule has 1 saturated heterocycles. The summed E-state index contributed by atoms with van der Waals surface area (Å²) < 4.78 is 0. The Morgan fingerprint density at radius 2 is 2.06 bits per heavy atom. The highest BCUT2D eigenvalue weighted by molar-refractivity contribution is 5.96. The van der Waals surface area contributed by atoms with Gasteiger partial charge in [0.25, 0.3) is 0 Å². The Hall–Kier alpha value is -1.45. The molecule has 2 rings (SSSR count). The third kappa shape index (κ3) is 2.78. The molecule has 4 N–H and O–H groups in total. The van der Waals surface area contributed by atoms with Crippen LogP contribution in [-0.4, -0.2) is 30.7 Å². The topological polar surface area (TPSA) is 45.4 Å². The number of hydrogen-bond acceptors (Lipinski definition) is 1. The zero-order valence-electron chi connectivity index (χ0n) is 9.69. The molecule has 1 aromatic carbocycles. The number of benzene rings is 1. The fourth-order valence-corrected chi connectivity index (χ4v) is 1.86. The van der Waals surface area contributed by atoms with Crippen molar-refractivity contribution in [3.05, 3.63) is 42.1 Å². The third-order valence-corrected chi connectivity index (χ3v) is 2.89. The Kier molecular flexibility index (Phi) is 3.49. The van der Waals surface area contributed by atoms with Gasteiger partial charge in [0, 0.05) is 19.5 Å². The Morgan fingerprint density at radius 1 is 1.31 bits per heavy atom. The van der Waals surface area contributed by atoms with Crippen LogP contribution in [0.2, 0.25) is 0 Å². The van der Waals surface area contributed by atoms with E-state index in [1.165, 1.54) is 11.3 Å². The van der Waals surface area contributed by atoms with Crippen LogP contribution in [0.3, 0.4) is 0 Å². The standard InChI is InChI=1S/C13H17N3/c1-16-8-7-13(14)11(10-16)9-15-12-5-3-2-4-6-12/h2-6,9,14-15H,7-8,10H2,1H3/p+2/b11-9-,14-13?. The maximum atomic E-state index is 6.01. The molecule has 1 aromatic rings. The first-order valence-electron chi connectivity index (χ1n) is 5.65. The maximum Gasteiger partial charge on any atom is 0.183 e. The molecule has 0 spiro atoms. The van der Waals surface area contributed by atoms with Gasteiger partial charge in [-0.1, -0.05) is 18.2 Å². The predicted molar refractivity (Wildman–Crippen MR) is 65.2 cm³/mol. The molecular formula is C13H19N3+2. The molecule has 0 saturated carbocycles. The lowest BCUT2D eigenvalue weighted by Gasteiger charge is -2.21. The number of hydrogen-bond donors (Lipinski definition) is 2. The first-order chi connectivity index (χ1) is 7.75. The van der Waals surface area contributed by atoms with Gasteiger partial charge in [-0.3, -0.25) is 10.7 Å². The van der Waals surface area contributed by atoms with Crippen LogP contribution in [0.4, 0.5) is 5.69 Å². The average molecular weight is 217 g/mol. The number of likely N-dealkylation sites (tertiary alicyclic amines) is 1. The number of quaternary nitrogens is 1. The van der Waals surface area contributed by atoms with Crippen LogP contribution in [0.25, 0.3) is 0 Å². The minimum atomic E-state index is 0.954. The van der Waals surface area contributed by atoms with Crippen LogP contribution < -0.4 is 10.7 Å². The Balaban J connectivity index is 2.03. The van der Waals surface area contributed by atoms with E-state index < -0.39 is 0 Å². The zero-order valence-corrected chi connectivity index (χ0v) is 9.69. The molecule has 1 aliphatic heterocycles. The summed E-state index contributed by atoms with van der Waals surface area (Å²) in [6.07, 6.45) is 3.12. The van der Waals surface area contributed by atoms with Gasteiger partial charge >= 0.3 is 0 Å². The summed E-state index contributed by atoms with van der Waals surface area (Å²) in [7, 11) is 2.13. The van der Waals surface area contributed by atoms with Gasteiger partial charge in [-0.2, -0.15) is 0 Å². The van der Waals surface area contributed by atoms with Crippen molar-refractivity contribution in [3.63, 3.8) is 0 Å². The summed E-state index contributed by atoms with van der Waals surface area (Å²) in [4.78, 5) is 2.29. The van der Waals surface area contributed by atoms with Crippen molar-refractivity contribution in [2.45, 2.75) is 6.42 Å². The van der Waals surface area contributed by atoms with Crippen molar-refractivity contribution in [3.8, 4) is 0 Å². The predicted octanol–water partition coefficient (Wildman–Crippen LogP) is -0.699. The van der Waals surface area contributed by atoms with Crippen LogP contribution in [0.1, 0.15) is 6.42 Å². The lowest BCUT2D eigenvalue weighted by molar-refractivity contribution is -0.497. The average Bonchev–Trinajstić information content (AvgIpc) is 2.32. The molecule has 3 heteroatoms. The Bertz CT molecular complexity index is 395. The highest BCUT2D eigenvalue weighted by Gasteiger charge is 2.20. The van der Waals surface area contributed by atoms with Crippen molar-refractivity contribution in [1.82, 2.24) is 4.90 Å². The molecule has 84 valence electrons. The minimum absolute atomic E-state index is 0.954. The van der Waals surface area contributed by atoms with Crippen molar-refractivity contribution in [1.29, 1.82) is 0 Å². The molecule has 0 unspecified atom stereocenters. The highest BCUT2D eigenvalue weighted by atomic mass is 15.1. The molecule has 0 atom stereocenters. The van der Waals surface area contributed by atoms with E-state index in [4.69, 9.17) is 5.41 Å². The smallest absolute Gasteiger partial charge is 0.183 e. The van der Waals surface area contributed by atoms with Crippen LogP contribution in [0.15, 0.2) is 42.1 Å². The van der Waals surface area contributed by atoms with E-state index in [9.17, 15) is 0 Å². The van der Waals surface area contributed by atoms with Gasteiger partial charge in [-0.15, -0.1) is 0 Å². The van der Waals surface area contributed by atoms with Crippen molar-refractivity contribution >= 4 is 11.4 Å². The second-order valence-corrected chi connectivity index (χ2v) is 4.28. The van der Waals surface area contributed by atoms with Gasteiger partial charge in [0.1, 0.15) is 11.9 Å². The van der Waals surface area contributed by atoms with E-state index in [0.29, 0.717) is 0 Å². The molecule has 1 aliphatic rings. The molecule has 16 heavy (non-hydrogen) atoms. The first-order valence-corrected chi connectivity index (χ1v) is 5.65. The molecule has 1 fully saturated rings. The number of para-hydroxylation sites is 1. The fraction of sp³-hybridized carbons (Fsp3) is 0.308. The van der Waals surface area contributed by atoms with E-state index in [1.807, 2.05) is 18.2 Å². The maximum absolute atomic E-state index is 6.01. The number of nitrogens with two attached hydrogens (primary N) is 2. The van der Waals surface area contributed by atoms with Crippen molar-refractivity contribution < 1.29 is 10.7 Å². The van der Waals surface area contributed by atoms with Gasteiger partial charge in [0.05, 0.1) is 5.57 Å². The minimum Gasteiger partial charge on any atom is -0.301 e. The lowest BCUT2D eigenvalue weighted by atomic mass is 10.0. The summed E-state index contributed by atoms with van der Waals surface area (Å²) in [5.74, 6) is 0. The van der Waals surface area contributed by atoms with Crippen molar-refractivity contribution in [2.24, 2.45) is 0 Å². The normalized spacial score (nSPS) is 20.3. The monoisotopic (exact) mass is 217 g/mol. The summed E-state index contributed by atoms with van der Waals surface area (Å²) in [5.41, 5.74) is 3.50. The molecule has 3 nitrogen and oxygen atoms in total. The molecule has 0 aliphatic carbocycles. The van der Waals surface area contributed by atoms with Gasteiger partial charge in [-0.25, -0.2) is 0 Å². The van der Waals surface area contributed by atoms with Crippen LogP contribution in [0.5, 0.6) is 0 Å². The van der Waals surface area contributed by atoms with Crippen molar-refractivity contribution in [2.75, 3.05) is 20.1 Å². The molecule has 1 heterocycles. The summed E-state index contributed by atoms with van der Waals surface area (Å²) >= 11 is 0. The first kappa shape index (κ1) is 11.0. The molecule has 0 amide bonds. The van der Waals surface area contributed by atoms with E-state index in [-0.39, 0.29) is 0 Å². The van der Waals surface area contributed by atoms with Crippen LogP contribution >= 0.6 is 0 Å². The van der Waals surface area contributed by atoms with Gasteiger partial charge < -0.3 is 4.90 Å². The third-order valence-electron chi connectivity index (χ3n) is 2.89. The zero-order chi connectivity index (χ0) is 11.4. The second kappa shape index (κ2) is 5.05. The van der Waals surface area contributed by atoms with Crippen LogP contribution in [-0.2, 0) is 0 Å². The SMILES string of the molecule is CN1CCC(=[NH2+])/C(=C\[NH2+]c2ccccc2)C1. The molecule has 0 radical (unpaired) electrons. The molecular weight excluding hydrogens is 198 g/mol. The fourth-order valence-electron chi connectivity index (χ4n) is 1.86. The van der Waals surface area contributed by atoms with E-state index in [1.54, 1.807) is 0 Å². The van der Waals surface area contributed by atoms with E-state index in [2.05, 4.69) is 35.6 Å². The summed E-state index contributed by atoms with van der Waals surface area (Å²) in [5, 5.41) is 8.13. The summed E-state index contributed by atoms with van der Waals surface area (Å²) in [6.45, 7) is 2.02. The molecule has 0 aromatic heterocycles. The van der Waals surface area contributed by atoms with Gasteiger partial charge in [0.2, 0.25) is 0 Å². The molecule has 0 bridgehead atoms.